The average molecular weight is 322 g/mol. The van der Waals surface area contributed by atoms with Crippen LogP contribution in [-0.2, 0) is 16.1 Å². The summed E-state index contributed by atoms with van der Waals surface area (Å²) < 4.78 is 18.6. The molecule has 0 radical (unpaired) electrons. The quantitative estimate of drug-likeness (QED) is 0.825. The summed E-state index contributed by atoms with van der Waals surface area (Å²) in [6.45, 7) is -0.562. The predicted molar refractivity (Wildman–Crippen MR) is 77.9 cm³/mol. The van der Waals surface area contributed by atoms with Crippen LogP contribution < -0.4 is 11.1 Å². The summed E-state index contributed by atoms with van der Waals surface area (Å²) in [5.41, 5.74) is 0.408. The molecule has 0 bridgehead atoms. The largest absolute Gasteiger partial charge is 0.437 e. The van der Waals surface area contributed by atoms with Crippen molar-refractivity contribution in [3.8, 4) is 11.5 Å². The molecular formula is C14H15FN4O4. The van der Waals surface area contributed by atoms with E-state index in [0.717, 1.165) is 4.68 Å². The van der Waals surface area contributed by atoms with Gasteiger partial charge in [-0.15, -0.1) is 5.10 Å². The highest BCUT2D eigenvalue weighted by Gasteiger charge is 2.14. The van der Waals surface area contributed by atoms with E-state index in [0.29, 0.717) is 5.56 Å². The zero-order valence-electron chi connectivity index (χ0n) is 12.6. The van der Waals surface area contributed by atoms with Gasteiger partial charge < -0.3 is 14.6 Å². The van der Waals surface area contributed by atoms with Crippen molar-refractivity contribution in [1.82, 2.24) is 20.0 Å². The van der Waals surface area contributed by atoms with Gasteiger partial charge in [-0.25, -0.2) is 9.18 Å². The maximum Gasteiger partial charge on any atom is 0.437 e. The van der Waals surface area contributed by atoms with Gasteiger partial charge in [0.1, 0.15) is 12.4 Å². The number of likely N-dealkylation sites (N-methyl/N-ethyl adjacent to an activating group) is 1. The van der Waals surface area contributed by atoms with Crippen LogP contribution in [0.15, 0.2) is 33.5 Å². The number of carbonyl (C=O) groups is 2. The molecule has 1 aromatic carbocycles. The molecule has 0 saturated carbocycles. The summed E-state index contributed by atoms with van der Waals surface area (Å²) in [6, 6.07) is 5.21. The van der Waals surface area contributed by atoms with Crippen molar-refractivity contribution in [2.75, 3.05) is 20.6 Å². The van der Waals surface area contributed by atoms with E-state index in [2.05, 4.69) is 10.4 Å². The molecule has 0 spiro atoms. The lowest BCUT2D eigenvalue weighted by atomic mass is 10.2. The normalized spacial score (nSPS) is 10.4. The van der Waals surface area contributed by atoms with Crippen LogP contribution in [0.5, 0.6) is 0 Å². The number of nitrogens with one attached hydrogen (secondary N) is 1. The van der Waals surface area contributed by atoms with Crippen LogP contribution in [0.1, 0.15) is 0 Å². The van der Waals surface area contributed by atoms with E-state index >= 15 is 0 Å². The Morgan fingerprint density at radius 3 is 2.57 bits per heavy atom. The van der Waals surface area contributed by atoms with Gasteiger partial charge in [0, 0.05) is 19.7 Å². The van der Waals surface area contributed by atoms with E-state index in [-0.39, 0.29) is 24.9 Å². The fourth-order valence-electron chi connectivity index (χ4n) is 1.64. The van der Waals surface area contributed by atoms with Crippen LogP contribution in [0.3, 0.4) is 0 Å². The van der Waals surface area contributed by atoms with Crippen LogP contribution in [0, 0.1) is 5.82 Å². The Balaban J connectivity index is 2.04. The minimum Gasteiger partial charge on any atom is -0.388 e. The Labute approximate surface area is 130 Å². The minimum absolute atomic E-state index is 0.0211. The molecule has 1 N–H and O–H groups in total. The molecule has 122 valence electrons. The fourth-order valence-corrected chi connectivity index (χ4v) is 1.64. The Kier molecular flexibility index (Phi) is 4.89. The van der Waals surface area contributed by atoms with E-state index < -0.39 is 17.5 Å². The summed E-state index contributed by atoms with van der Waals surface area (Å²) >= 11 is 0. The molecule has 23 heavy (non-hydrogen) atoms. The van der Waals surface area contributed by atoms with Crippen LogP contribution in [0.2, 0.25) is 0 Å². The summed E-state index contributed by atoms with van der Waals surface area (Å²) in [6.07, 6.45) is 0. The number of hydrogen-bond acceptors (Lipinski definition) is 5. The molecular weight excluding hydrogens is 307 g/mol. The van der Waals surface area contributed by atoms with Gasteiger partial charge in [-0.2, -0.15) is 4.68 Å². The number of amides is 2. The number of carbonyl (C=O) groups excluding carboxylic acids is 2. The van der Waals surface area contributed by atoms with E-state index in [1.54, 1.807) is 14.1 Å². The van der Waals surface area contributed by atoms with Crippen molar-refractivity contribution in [2.24, 2.45) is 0 Å². The second kappa shape index (κ2) is 6.86. The molecule has 8 nitrogen and oxygen atoms in total. The lowest BCUT2D eigenvalue weighted by Crippen LogP contribution is -2.38. The third-order valence-corrected chi connectivity index (χ3v) is 2.93. The molecule has 0 saturated heterocycles. The third-order valence-electron chi connectivity index (χ3n) is 2.93. The van der Waals surface area contributed by atoms with Crippen LogP contribution in [0.4, 0.5) is 4.39 Å². The van der Waals surface area contributed by atoms with Gasteiger partial charge in [-0.3, -0.25) is 9.59 Å². The molecule has 2 amide bonds. The van der Waals surface area contributed by atoms with Crippen molar-refractivity contribution < 1.29 is 18.4 Å². The summed E-state index contributed by atoms with van der Waals surface area (Å²) in [4.78, 5) is 36.1. The molecule has 0 atom stereocenters. The lowest BCUT2D eigenvalue weighted by Gasteiger charge is -2.10. The first kappa shape index (κ1) is 16.4. The first-order valence-corrected chi connectivity index (χ1v) is 6.67. The van der Waals surface area contributed by atoms with Gasteiger partial charge in [-0.1, -0.05) is 0 Å². The zero-order valence-corrected chi connectivity index (χ0v) is 12.6. The molecule has 0 aliphatic rings. The topological polar surface area (TPSA) is 97.4 Å². The predicted octanol–water partition coefficient (Wildman–Crippen LogP) is -0.153. The smallest absolute Gasteiger partial charge is 0.388 e. The maximum absolute atomic E-state index is 12.9. The van der Waals surface area contributed by atoms with Crippen molar-refractivity contribution >= 4 is 11.8 Å². The summed E-state index contributed by atoms with van der Waals surface area (Å²) in [7, 11) is 3.12. The lowest BCUT2D eigenvalue weighted by molar-refractivity contribution is -0.131. The van der Waals surface area contributed by atoms with Crippen LogP contribution in [0.25, 0.3) is 11.5 Å². The molecule has 2 aromatic rings. The zero-order chi connectivity index (χ0) is 17.0. The van der Waals surface area contributed by atoms with Crippen molar-refractivity contribution in [2.45, 2.75) is 6.54 Å². The standard InChI is InChI=1S/C14H15FN4O4/c1-18(2)12(21)7-16-11(20)8-19-14(22)23-13(17-19)9-3-5-10(15)6-4-9/h3-6H,7-8H2,1-2H3,(H,16,20). The summed E-state index contributed by atoms with van der Waals surface area (Å²) in [5, 5.41) is 6.25. The SMILES string of the molecule is CN(C)C(=O)CNC(=O)Cn1nc(-c2ccc(F)cc2)oc1=O. The molecule has 1 aromatic heterocycles. The average Bonchev–Trinajstić information content (AvgIpc) is 2.86. The fraction of sp³-hybridized carbons (Fsp3) is 0.286. The van der Waals surface area contributed by atoms with E-state index in [9.17, 15) is 18.8 Å². The van der Waals surface area contributed by atoms with E-state index in [1.807, 2.05) is 0 Å². The summed E-state index contributed by atoms with van der Waals surface area (Å²) in [5.74, 6) is -2.11. The molecule has 0 aliphatic heterocycles. The van der Waals surface area contributed by atoms with Crippen molar-refractivity contribution in [1.29, 1.82) is 0 Å². The molecule has 9 heteroatoms. The highest BCUT2D eigenvalue weighted by molar-refractivity contribution is 5.84. The van der Waals surface area contributed by atoms with E-state index in [1.165, 1.54) is 29.2 Å². The highest BCUT2D eigenvalue weighted by Crippen LogP contribution is 2.15. The Morgan fingerprint density at radius 1 is 1.30 bits per heavy atom. The Morgan fingerprint density at radius 2 is 1.96 bits per heavy atom. The Bertz CT molecular complexity index is 764. The number of halogens is 1. The van der Waals surface area contributed by atoms with E-state index in [4.69, 9.17) is 4.42 Å². The van der Waals surface area contributed by atoms with Gasteiger partial charge >= 0.3 is 5.76 Å². The number of nitrogens with zero attached hydrogens (tertiary/aromatic N) is 3. The second-order valence-corrected chi connectivity index (χ2v) is 4.90. The molecule has 1 heterocycles. The number of rotatable bonds is 5. The minimum atomic E-state index is -0.821. The molecule has 0 aliphatic carbocycles. The van der Waals surface area contributed by atoms with Crippen molar-refractivity contribution in [3.63, 3.8) is 0 Å². The maximum atomic E-state index is 12.9. The number of aromatic nitrogens is 2. The first-order chi connectivity index (χ1) is 10.9. The van der Waals surface area contributed by atoms with Gasteiger partial charge in [0.25, 0.3) is 0 Å². The van der Waals surface area contributed by atoms with Crippen LogP contribution in [-0.4, -0.2) is 47.1 Å². The van der Waals surface area contributed by atoms with Gasteiger partial charge in [0.15, 0.2) is 0 Å². The number of benzene rings is 1. The molecule has 0 fully saturated rings. The van der Waals surface area contributed by atoms with Gasteiger partial charge in [-0.05, 0) is 24.3 Å². The molecule has 0 unspecified atom stereocenters. The Hall–Kier alpha value is -2.97. The monoisotopic (exact) mass is 322 g/mol. The second-order valence-electron chi connectivity index (χ2n) is 4.90. The van der Waals surface area contributed by atoms with Crippen molar-refractivity contribution in [3.05, 3.63) is 40.6 Å². The highest BCUT2D eigenvalue weighted by atomic mass is 19.1. The molecule has 2 rings (SSSR count). The van der Waals surface area contributed by atoms with Gasteiger partial charge in [0.2, 0.25) is 17.7 Å². The van der Waals surface area contributed by atoms with Crippen LogP contribution >= 0.6 is 0 Å². The third kappa shape index (κ3) is 4.25. The first-order valence-electron chi connectivity index (χ1n) is 6.67. The van der Waals surface area contributed by atoms with Gasteiger partial charge in [0.05, 0.1) is 6.54 Å². The number of hydrogen-bond donors (Lipinski definition) is 1.